The zero-order chi connectivity index (χ0) is 15.6. The molecule has 0 aliphatic carbocycles. The van der Waals surface area contributed by atoms with Crippen LogP contribution in [0.1, 0.15) is 71.6 Å². The lowest BCUT2D eigenvalue weighted by molar-refractivity contribution is -0.828. The van der Waals surface area contributed by atoms with E-state index in [9.17, 15) is 9.90 Å². The second-order valence-corrected chi connectivity index (χ2v) is 6.31. The van der Waals surface area contributed by atoms with Gasteiger partial charge in [0.25, 0.3) is 0 Å². The van der Waals surface area contributed by atoms with Crippen molar-refractivity contribution in [3.63, 3.8) is 0 Å². The maximum Gasteiger partial charge on any atom is 0.359 e. The fourth-order valence-electron chi connectivity index (χ4n) is 3.38. The molecule has 122 valence electrons. The van der Waals surface area contributed by atoms with Gasteiger partial charge in [-0.2, -0.15) is 0 Å². The fraction of sp³-hybridized carbons (Fsp3) is 0.882. The predicted molar refractivity (Wildman–Crippen MR) is 87.7 cm³/mol. The lowest BCUT2D eigenvalue weighted by Crippen LogP contribution is -2.54. The molecule has 0 fully saturated rings. The van der Waals surface area contributed by atoms with E-state index in [2.05, 4.69) is 18.8 Å². The first-order valence-electron chi connectivity index (χ1n) is 8.76. The van der Waals surface area contributed by atoms with Crippen LogP contribution in [0.5, 0.6) is 0 Å². The van der Waals surface area contributed by atoms with Crippen LogP contribution in [0.15, 0.2) is 4.99 Å². The summed E-state index contributed by atoms with van der Waals surface area (Å²) in [6.45, 7) is 7.19. The summed E-state index contributed by atoms with van der Waals surface area (Å²) in [5.74, 6) is 0.449. The van der Waals surface area contributed by atoms with Gasteiger partial charge in [-0.15, -0.1) is 0 Å². The van der Waals surface area contributed by atoms with Crippen LogP contribution in [0.2, 0.25) is 0 Å². The van der Waals surface area contributed by atoms with E-state index in [1.54, 1.807) is 0 Å². The van der Waals surface area contributed by atoms with Crippen molar-refractivity contribution in [3.8, 4) is 0 Å². The summed E-state index contributed by atoms with van der Waals surface area (Å²) in [7, 11) is 0. The molecule has 0 aromatic heterocycles. The Morgan fingerprint density at radius 2 is 1.76 bits per heavy atom. The van der Waals surface area contributed by atoms with Gasteiger partial charge in [-0.05, 0) is 12.8 Å². The van der Waals surface area contributed by atoms with Gasteiger partial charge in [0.1, 0.15) is 6.54 Å². The molecular weight excluding hydrogens is 264 g/mol. The summed E-state index contributed by atoms with van der Waals surface area (Å²) in [6, 6.07) is 0. The number of rotatable bonds is 12. The summed E-state index contributed by atoms with van der Waals surface area (Å²) in [5, 5.41) is 9.20. The van der Waals surface area contributed by atoms with Crippen molar-refractivity contribution in [1.29, 1.82) is 0 Å². The van der Waals surface area contributed by atoms with Crippen LogP contribution in [-0.2, 0) is 4.79 Å². The minimum atomic E-state index is -0.697. The average Bonchev–Trinajstić information content (AvgIpc) is 2.80. The highest BCUT2D eigenvalue weighted by atomic mass is 16.4. The molecule has 0 amide bonds. The summed E-state index contributed by atoms with van der Waals surface area (Å²) in [4.78, 5) is 15.8. The topological polar surface area (TPSA) is 49.7 Å². The Balaban J connectivity index is 2.35. The predicted octanol–water partition coefficient (Wildman–Crippen LogP) is 3.85. The lowest BCUT2D eigenvalue weighted by Gasteiger charge is -2.33. The fourth-order valence-corrected chi connectivity index (χ4v) is 3.38. The molecule has 1 atom stereocenters. The Morgan fingerprint density at radius 1 is 1.10 bits per heavy atom. The molecule has 0 aromatic rings. The van der Waals surface area contributed by atoms with Crippen molar-refractivity contribution in [2.45, 2.75) is 71.6 Å². The largest absolute Gasteiger partial charge is 0.477 e. The number of nitrogens with zero attached hydrogens (tertiary/aromatic N) is 2. The van der Waals surface area contributed by atoms with Crippen molar-refractivity contribution in [2.24, 2.45) is 4.99 Å². The van der Waals surface area contributed by atoms with E-state index in [1.165, 1.54) is 38.5 Å². The first-order valence-corrected chi connectivity index (χ1v) is 8.76. The molecule has 0 bridgehead atoms. The Labute approximate surface area is 129 Å². The van der Waals surface area contributed by atoms with Crippen LogP contribution in [-0.4, -0.2) is 47.6 Å². The molecule has 21 heavy (non-hydrogen) atoms. The van der Waals surface area contributed by atoms with Gasteiger partial charge in [-0.3, -0.25) is 4.48 Å². The molecule has 1 unspecified atom stereocenters. The molecule has 1 aliphatic heterocycles. The number of aliphatic imine (C=N–C) groups is 1. The van der Waals surface area contributed by atoms with Gasteiger partial charge >= 0.3 is 5.97 Å². The SMILES string of the molecule is CCCCCCCCCC1=NCC[N+]1(CCC)CC(=O)O. The summed E-state index contributed by atoms with van der Waals surface area (Å²) in [6.07, 6.45) is 11.1. The maximum atomic E-state index is 11.2. The standard InChI is InChI=1S/C17H32N2O2/c1-3-5-6-7-8-9-10-11-16-18-12-14-19(16,13-4-2)15-17(20)21/h3-15H2,1-2H3/p+1. The first kappa shape index (κ1) is 18.1. The third-order valence-electron chi connectivity index (χ3n) is 4.46. The van der Waals surface area contributed by atoms with Gasteiger partial charge in [0.05, 0.1) is 13.1 Å². The van der Waals surface area contributed by atoms with Crippen LogP contribution in [0.3, 0.4) is 0 Å². The highest BCUT2D eigenvalue weighted by molar-refractivity contribution is 5.80. The van der Waals surface area contributed by atoms with Gasteiger partial charge in [0, 0.05) is 6.42 Å². The first-order chi connectivity index (χ1) is 10.1. The maximum absolute atomic E-state index is 11.2. The van der Waals surface area contributed by atoms with Gasteiger partial charge in [-0.1, -0.05) is 52.4 Å². The van der Waals surface area contributed by atoms with Gasteiger partial charge in [0.15, 0.2) is 12.4 Å². The number of carbonyl (C=O) groups is 1. The molecule has 4 heteroatoms. The Kier molecular flexibility index (Phi) is 8.58. The van der Waals surface area contributed by atoms with Gasteiger partial charge in [0.2, 0.25) is 0 Å². The van der Waals surface area contributed by atoms with E-state index in [-0.39, 0.29) is 6.54 Å². The van der Waals surface area contributed by atoms with E-state index in [0.29, 0.717) is 4.48 Å². The molecule has 4 nitrogen and oxygen atoms in total. The van der Waals surface area contributed by atoms with Crippen LogP contribution in [0.25, 0.3) is 0 Å². The molecular formula is C17H33N2O2+. The van der Waals surface area contributed by atoms with Crippen LogP contribution in [0.4, 0.5) is 0 Å². The van der Waals surface area contributed by atoms with Crippen LogP contribution in [0, 0.1) is 0 Å². The summed E-state index contributed by atoms with van der Waals surface area (Å²) in [5.41, 5.74) is 0. The van der Waals surface area contributed by atoms with Crippen molar-refractivity contribution in [3.05, 3.63) is 0 Å². The van der Waals surface area contributed by atoms with Crippen LogP contribution < -0.4 is 0 Å². The lowest BCUT2D eigenvalue weighted by atomic mass is 10.1. The van der Waals surface area contributed by atoms with Gasteiger partial charge < -0.3 is 5.11 Å². The van der Waals surface area contributed by atoms with E-state index in [1.807, 2.05) is 0 Å². The number of aliphatic carboxylic acids is 1. The Bertz CT molecular complexity index is 342. The molecule has 0 radical (unpaired) electrons. The van der Waals surface area contributed by atoms with E-state index < -0.39 is 5.97 Å². The Morgan fingerprint density at radius 3 is 2.38 bits per heavy atom. The van der Waals surface area contributed by atoms with Crippen molar-refractivity contribution in [2.75, 3.05) is 26.2 Å². The minimum absolute atomic E-state index is 0.211. The van der Waals surface area contributed by atoms with Crippen molar-refractivity contribution in [1.82, 2.24) is 0 Å². The third kappa shape index (κ3) is 6.16. The number of carboxylic acids is 1. The van der Waals surface area contributed by atoms with E-state index >= 15 is 0 Å². The van der Waals surface area contributed by atoms with Crippen molar-refractivity contribution >= 4 is 11.8 Å². The highest BCUT2D eigenvalue weighted by Gasteiger charge is 2.38. The van der Waals surface area contributed by atoms with Crippen molar-refractivity contribution < 1.29 is 14.4 Å². The Hall–Kier alpha value is -0.900. The highest BCUT2D eigenvalue weighted by Crippen LogP contribution is 2.21. The molecule has 1 heterocycles. The molecule has 0 spiro atoms. The number of amidine groups is 1. The van der Waals surface area contributed by atoms with E-state index in [0.717, 1.165) is 44.7 Å². The molecule has 1 N–H and O–H groups in total. The van der Waals surface area contributed by atoms with Gasteiger partial charge in [-0.25, -0.2) is 9.79 Å². The number of unbranched alkanes of at least 4 members (excludes halogenated alkanes) is 6. The minimum Gasteiger partial charge on any atom is -0.477 e. The normalized spacial score (nSPS) is 21.5. The number of hydrogen-bond donors (Lipinski definition) is 1. The number of carboxylic acid groups (broad SMARTS) is 1. The summed E-state index contributed by atoms with van der Waals surface area (Å²) >= 11 is 0. The third-order valence-corrected chi connectivity index (χ3v) is 4.46. The van der Waals surface area contributed by atoms with Crippen LogP contribution >= 0.6 is 0 Å². The molecule has 0 saturated carbocycles. The zero-order valence-corrected chi connectivity index (χ0v) is 13.9. The zero-order valence-electron chi connectivity index (χ0n) is 13.9. The quantitative estimate of drug-likeness (QED) is 0.439. The number of quaternary nitrogens is 1. The number of hydrogen-bond acceptors (Lipinski definition) is 2. The molecule has 1 aliphatic rings. The molecule has 0 aromatic carbocycles. The summed E-state index contributed by atoms with van der Waals surface area (Å²) < 4.78 is 0.613. The monoisotopic (exact) mass is 297 g/mol. The smallest absolute Gasteiger partial charge is 0.359 e. The van der Waals surface area contributed by atoms with E-state index in [4.69, 9.17) is 0 Å². The molecule has 0 saturated heterocycles. The second kappa shape index (κ2) is 9.93. The molecule has 1 rings (SSSR count). The average molecular weight is 297 g/mol. The second-order valence-electron chi connectivity index (χ2n) is 6.31.